The molecule has 1 aromatic carbocycles. The molecule has 0 atom stereocenters. The van der Waals surface area contributed by atoms with Gasteiger partial charge in [-0.2, -0.15) is 0 Å². The number of hydrogen-bond donors (Lipinski definition) is 2. The van der Waals surface area contributed by atoms with E-state index in [0.717, 1.165) is 11.4 Å². The molecule has 0 aliphatic heterocycles. The van der Waals surface area contributed by atoms with Gasteiger partial charge < -0.3 is 15.6 Å². The molecule has 0 saturated carbocycles. The quantitative estimate of drug-likeness (QED) is 0.451. The van der Waals surface area contributed by atoms with E-state index >= 15 is 0 Å². The van der Waals surface area contributed by atoms with Crippen LogP contribution in [0.4, 0.5) is 5.69 Å². The fraction of sp³-hybridized carbons (Fsp3) is 0.375. The fourth-order valence-electron chi connectivity index (χ4n) is 2.07. The molecule has 0 spiro atoms. The molecule has 1 aromatic heterocycles. The van der Waals surface area contributed by atoms with E-state index in [4.69, 9.17) is 10.3 Å². The largest absolute Gasteiger partial charge is 0.370 e. The molecule has 0 aliphatic rings. The second-order valence-corrected chi connectivity index (χ2v) is 5.58. The Hall–Kier alpha value is -1.57. The van der Waals surface area contributed by atoms with Crippen molar-refractivity contribution in [2.75, 3.05) is 5.32 Å². The Labute approximate surface area is 148 Å². The van der Waals surface area contributed by atoms with Gasteiger partial charge in [0.25, 0.3) is 0 Å². The van der Waals surface area contributed by atoms with Crippen LogP contribution in [-0.4, -0.2) is 11.1 Å². The van der Waals surface area contributed by atoms with Crippen molar-refractivity contribution in [1.29, 1.82) is 0 Å². The molecular weight excluding hydrogens is 391 g/mol. The van der Waals surface area contributed by atoms with Crippen molar-refractivity contribution in [2.24, 2.45) is 10.7 Å². The van der Waals surface area contributed by atoms with Crippen LogP contribution in [0.25, 0.3) is 0 Å². The summed E-state index contributed by atoms with van der Waals surface area (Å²) in [6.45, 7) is 8.62. The minimum absolute atomic E-state index is 0. The van der Waals surface area contributed by atoms with Crippen LogP contribution >= 0.6 is 24.0 Å². The first-order chi connectivity index (χ1) is 9.94. The predicted octanol–water partition coefficient (Wildman–Crippen LogP) is 3.96. The van der Waals surface area contributed by atoms with Crippen LogP contribution in [0.3, 0.4) is 0 Å². The number of nitrogens with zero attached hydrogens (tertiary/aromatic N) is 2. The number of rotatable bonds is 4. The SMILES string of the molecule is Cc1cc(C)cc(NC(N)=NCc2cc(C(C)C)no2)c1.I. The molecular formula is C16H23IN4O. The predicted molar refractivity (Wildman–Crippen MR) is 101 cm³/mol. The zero-order valence-electron chi connectivity index (χ0n) is 13.4. The number of nitrogens with two attached hydrogens (primary N) is 1. The smallest absolute Gasteiger partial charge is 0.193 e. The first-order valence-corrected chi connectivity index (χ1v) is 7.05. The molecule has 22 heavy (non-hydrogen) atoms. The molecule has 0 saturated heterocycles. The van der Waals surface area contributed by atoms with Crippen LogP contribution in [0, 0.1) is 13.8 Å². The lowest BCUT2D eigenvalue weighted by molar-refractivity contribution is 0.376. The Morgan fingerprint density at radius 1 is 1.23 bits per heavy atom. The van der Waals surface area contributed by atoms with Gasteiger partial charge >= 0.3 is 0 Å². The molecule has 5 nitrogen and oxygen atoms in total. The molecule has 0 radical (unpaired) electrons. The van der Waals surface area contributed by atoms with Crippen molar-refractivity contribution in [2.45, 2.75) is 40.2 Å². The summed E-state index contributed by atoms with van der Waals surface area (Å²) in [5, 5.41) is 7.08. The average Bonchev–Trinajstić information content (AvgIpc) is 2.84. The Kier molecular flexibility index (Phi) is 6.86. The summed E-state index contributed by atoms with van der Waals surface area (Å²) < 4.78 is 5.22. The third-order valence-corrected chi connectivity index (χ3v) is 3.07. The van der Waals surface area contributed by atoms with Crippen LogP contribution in [-0.2, 0) is 6.54 Å². The van der Waals surface area contributed by atoms with Crippen molar-refractivity contribution in [3.8, 4) is 0 Å². The van der Waals surface area contributed by atoms with Crippen molar-refractivity contribution >= 4 is 35.6 Å². The number of aromatic nitrogens is 1. The highest BCUT2D eigenvalue weighted by molar-refractivity contribution is 14.0. The first-order valence-electron chi connectivity index (χ1n) is 7.05. The maximum Gasteiger partial charge on any atom is 0.193 e. The molecule has 0 amide bonds. The zero-order valence-corrected chi connectivity index (χ0v) is 15.7. The first kappa shape index (κ1) is 18.5. The van der Waals surface area contributed by atoms with Crippen LogP contribution in [0.5, 0.6) is 0 Å². The number of aryl methyl sites for hydroxylation is 2. The van der Waals surface area contributed by atoms with Crippen LogP contribution < -0.4 is 11.1 Å². The minimum atomic E-state index is 0. The van der Waals surface area contributed by atoms with Gasteiger partial charge in [-0.25, -0.2) is 4.99 Å². The monoisotopic (exact) mass is 414 g/mol. The highest BCUT2D eigenvalue weighted by Crippen LogP contribution is 2.15. The summed E-state index contributed by atoms with van der Waals surface area (Å²) in [5.74, 6) is 1.42. The van der Waals surface area contributed by atoms with E-state index in [1.807, 2.05) is 32.0 Å². The van der Waals surface area contributed by atoms with Crippen molar-refractivity contribution < 1.29 is 4.52 Å². The molecule has 2 aromatic rings. The molecule has 6 heteroatoms. The van der Waals surface area contributed by atoms with E-state index in [-0.39, 0.29) is 24.0 Å². The molecule has 3 N–H and O–H groups in total. The van der Waals surface area contributed by atoms with Gasteiger partial charge in [0, 0.05) is 11.8 Å². The van der Waals surface area contributed by atoms with E-state index in [9.17, 15) is 0 Å². The molecule has 0 unspecified atom stereocenters. The lowest BCUT2D eigenvalue weighted by Gasteiger charge is -2.07. The number of guanidine groups is 1. The molecule has 0 bridgehead atoms. The number of benzene rings is 1. The lowest BCUT2D eigenvalue weighted by atomic mass is 10.1. The van der Waals surface area contributed by atoms with Gasteiger partial charge in [-0.15, -0.1) is 24.0 Å². The third-order valence-electron chi connectivity index (χ3n) is 3.07. The molecule has 1 heterocycles. The van der Waals surface area contributed by atoms with Gasteiger partial charge in [0.05, 0.1) is 5.69 Å². The normalized spacial score (nSPS) is 11.4. The molecule has 0 aliphatic carbocycles. The maximum absolute atomic E-state index is 5.90. The van der Waals surface area contributed by atoms with Crippen LogP contribution in [0.15, 0.2) is 33.8 Å². The second kappa shape index (κ2) is 8.17. The van der Waals surface area contributed by atoms with Gasteiger partial charge in [0.15, 0.2) is 11.7 Å². The lowest BCUT2D eigenvalue weighted by Crippen LogP contribution is -2.22. The fourth-order valence-corrected chi connectivity index (χ4v) is 2.07. The van der Waals surface area contributed by atoms with E-state index in [2.05, 4.69) is 35.4 Å². The second-order valence-electron chi connectivity index (χ2n) is 5.58. The maximum atomic E-state index is 5.90. The zero-order chi connectivity index (χ0) is 15.4. The Morgan fingerprint density at radius 2 is 1.86 bits per heavy atom. The number of nitrogens with one attached hydrogen (secondary N) is 1. The van der Waals surface area contributed by atoms with E-state index in [0.29, 0.717) is 24.2 Å². The molecule has 120 valence electrons. The third kappa shape index (κ3) is 5.32. The molecule has 0 fully saturated rings. The van der Waals surface area contributed by atoms with Crippen molar-refractivity contribution in [1.82, 2.24) is 5.16 Å². The van der Waals surface area contributed by atoms with Crippen LogP contribution in [0.2, 0.25) is 0 Å². The van der Waals surface area contributed by atoms with Gasteiger partial charge in [0.2, 0.25) is 0 Å². The van der Waals surface area contributed by atoms with Gasteiger partial charge in [-0.3, -0.25) is 0 Å². The topological polar surface area (TPSA) is 76.4 Å². The highest BCUT2D eigenvalue weighted by atomic mass is 127. The summed E-state index contributed by atoms with van der Waals surface area (Å²) in [5.41, 5.74) is 10.1. The Balaban J connectivity index is 0.00000242. The number of hydrogen-bond acceptors (Lipinski definition) is 3. The Bertz CT molecular complexity index is 629. The van der Waals surface area contributed by atoms with Gasteiger partial charge in [-0.1, -0.05) is 25.1 Å². The van der Waals surface area contributed by atoms with Gasteiger partial charge in [-0.05, 0) is 43.0 Å². The van der Waals surface area contributed by atoms with Crippen molar-refractivity contribution in [3.63, 3.8) is 0 Å². The average molecular weight is 414 g/mol. The van der Waals surface area contributed by atoms with E-state index < -0.39 is 0 Å². The summed E-state index contributed by atoms with van der Waals surface area (Å²) in [4.78, 5) is 4.27. The Morgan fingerprint density at radius 3 is 2.41 bits per heavy atom. The highest BCUT2D eigenvalue weighted by Gasteiger charge is 2.07. The number of halogens is 1. The summed E-state index contributed by atoms with van der Waals surface area (Å²) in [7, 11) is 0. The summed E-state index contributed by atoms with van der Waals surface area (Å²) in [6.07, 6.45) is 0. The van der Waals surface area contributed by atoms with Gasteiger partial charge in [0.1, 0.15) is 6.54 Å². The van der Waals surface area contributed by atoms with E-state index in [1.54, 1.807) is 0 Å². The standard InChI is InChI=1S/C16H22N4O.HI/c1-10(2)15-8-14(21-20-15)9-18-16(17)19-13-6-11(3)5-12(4)7-13;/h5-8,10H,9H2,1-4H3,(H3,17,18,19);1H. The number of aliphatic imine (C=N–C) groups is 1. The van der Waals surface area contributed by atoms with Crippen LogP contribution in [0.1, 0.15) is 42.3 Å². The summed E-state index contributed by atoms with van der Waals surface area (Å²) in [6, 6.07) is 8.08. The molecule has 2 rings (SSSR count). The number of anilines is 1. The van der Waals surface area contributed by atoms with Crippen molar-refractivity contribution in [3.05, 3.63) is 46.8 Å². The summed E-state index contributed by atoms with van der Waals surface area (Å²) >= 11 is 0. The minimum Gasteiger partial charge on any atom is -0.370 e. The van der Waals surface area contributed by atoms with E-state index in [1.165, 1.54) is 11.1 Å².